The zero-order valence-corrected chi connectivity index (χ0v) is 16.2. The third-order valence-electron chi connectivity index (χ3n) is 4.88. The van der Waals surface area contributed by atoms with Gasteiger partial charge < -0.3 is 10.1 Å². The molecule has 1 saturated heterocycles. The van der Waals surface area contributed by atoms with Crippen LogP contribution in [0.2, 0.25) is 5.02 Å². The van der Waals surface area contributed by atoms with Gasteiger partial charge in [-0.3, -0.25) is 9.20 Å². The number of benzene rings is 1. The van der Waals surface area contributed by atoms with Gasteiger partial charge in [-0.05, 0) is 51.0 Å². The number of pyridine rings is 1. The van der Waals surface area contributed by atoms with Crippen LogP contribution in [0.4, 0.5) is 0 Å². The molecule has 27 heavy (non-hydrogen) atoms. The maximum Gasteiger partial charge on any atom is 0.287 e. The Morgan fingerprint density at radius 3 is 2.93 bits per heavy atom. The van der Waals surface area contributed by atoms with Gasteiger partial charge in [0.25, 0.3) is 5.91 Å². The minimum Gasteiger partial charge on any atom is -0.375 e. The number of aromatic nitrogens is 2. The van der Waals surface area contributed by atoms with Crippen molar-refractivity contribution in [3.63, 3.8) is 0 Å². The van der Waals surface area contributed by atoms with Crippen LogP contribution in [-0.2, 0) is 4.74 Å². The predicted octanol–water partition coefficient (Wildman–Crippen LogP) is 4.34. The first kappa shape index (κ1) is 18.0. The van der Waals surface area contributed by atoms with E-state index in [4.69, 9.17) is 16.3 Å². The van der Waals surface area contributed by atoms with Crippen molar-refractivity contribution < 1.29 is 9.53 Å². The number of carbonyl (C=O) groups is 1. The molecule has 3 heterocycles. The van der Waals surface area contributed by atoms with Crippen LogP contribution in [0.25, 0.3) is 16.8 Å². The molecular formula is C21H22ClN3O2. The van der Waals surface area contributed by atoms with Gasteiger partial charge in [0, 0.05) is 29.4 Å². The molecule has 2 aromatic heterocycles. The second-order valence-electron chi connectivity index (χ2n) is 7.52. The fraction of sp³-hybridized carbons (Fsp3) is 0.333. The summed E-state index contributed by atoms with van der Waals surface area (Å²) in [5, 5.41) is 3.77. The van der Waals surface area contributed by atoms with E-state index in [0.717, 1.165) is 29.6 Å². The van der Waals surface area contributed by atoms with E-state index in [9.17, 15) is 4.79 Å². The zero-order valence-electron chi connectivity index (χ0n) is 15.4. The van der Waals surface area contributed by atoms with Gasteiger partial charge in [-0.2, -0.15) is 0 Å². The Morgan fingerprint density at radius 2 is 2.15 bits per heavy atom. The van der Waals surface area contributed by atoms with Crippen molar-refractivity contribution in [1.82, 2.24) is 14.7 Å². The molecule has 0 saturated carbocycles. The lowest BCUT2D eigenvalue weighted by molar-refractivity contribution is -0.0615. The number of hydrogen-bond acceptors (Lipinski definition) is 3. The fourth-order valence-electron chi connectivity index (χ4n) is 3.65. The number of amides is 1. The first-order valence-electron chi connectivity index (χ1n) is 9.11. The van der Waals surface area contributed by atoms with E-state index in [0.29, 0.717) is 17.5 Å². The van der Waals surface area contributed by atoms with E-state index in [-0.39, 0.29) is 17.6 Å². The van der Waals surface area contributed by atoms with Crippen LogP contribution in [-0.4, -0.2) is 33.5 Å². The van der Waals surface area contributed by atoms with Gasteiger partial charge in [0.1, 0.15) is 0 Å². The minimum absolute atomic E-state index is 0.0759. The summed E-state index contributed by atoms with van der Waals surface area (Å²) >= 11 is 6.15. The number of nitrogens with zero attached hydrogens (tertiary/aromatic N) is 2. The Hall–Kier alpha value is -2.37. The standard InChI is InChI=1S/C21H22ClN3O2/c1-21(2)13-16(9-11-27-21)23-20(26)19-24-18(14-6-5-7-15(22)12-14)17-8-3-4-10-25(17)19/h3-8,10,12,16H,9,11,13H2,1-2H3,(H,23,26). The molecule has 1 unspecified atom stereocenters. The molecule has 140 valence electrons. The van der Waals surface area contributed by atoms with Crippen molar-refractivity contribution in [1.29, 1.82) is 0 Å². The van der Waals surface area contributed by atoms with Gasteiger partial charge in [0.15, 0.2) is 0 Å². The lowest BCUT2D eigenvalue weighted by atomic mass is 9.94. The van der Waals surface area contributed by atoms with E-state index in [2.05, 4.69) is 10.3 Å². The van der Waals surface area contributed by atoms with E-state index < -0.39 is 0 Å². The highest BCUT2D eigenvalue weighted by atomic mass is 35.5. The van der Waals surface area contributed by atoms with Crippen LogP contribution in [0.1, 0.15) is 37.3 Å². The summed E-state index contributed by atoms with van der Waals surface area (Å²) in [7, 11) is 0. The highest BCUT2D eigenvalue weighted by molar-refractivity contribution is 6.30. The van der Waals surface area contributed by atoms with Crippen molar-refractivity contribution in [3.05, 3.63) is 59.5 Å². The maximum atomic E-state index is 13.0. The normalized spacial score (nSPS) is 19.1. The molecule has 0 spiro atoms. The van der Waals surface area contributed by atoms with Crippen molar-refractivity contribution in [2.45, 2.75) is 38.3 Å². The van der Waals surface area contributed by atoms with Gasteiger partial charge in [-0.15, -0.1) is 0 Å². The number of carbonyl (C=O) groups excluding carboxylic acids is 1. The van der Waals surface area contributed by atoms with Crippen molar-refractivity contribution in [3.8, 4) is 11.3 Å². The predicted molar refractivity (Wildman–Crippen MR) is 106 cm³/mol. The van der Waals surface area contributed by atoms with Crippen molar-refractivity contribution in [2.75, 3.05) is 6.61 Å². The Kier molecular flexibility index (Phi) is 4.66. The summed E-state index contributed by atoms with van der Waals surface area (Å²) in [6.07, 6.45) is 3.45. The Balaban J connectivity index is 1.69. The van der Waals surface area contributed by atoms with Crippen LogP contribution in [0.15, 0.2) is 48.7 Å². The Labute approximate surface area is 163 Å². The fourth-order valence-corrected chi connectivity index (χ4v) is 3.84. The molecule has 1 aliphatic rings. The van der Waals surface area contributed by atoms with Crippen molar-refractivity contribution in [2.24, 2.45) is 0 Å². The smallest absolute Gasteiger partial charge is 0.287 e. The van der Waals surface area contributed by atoms with Gasteiger partial charge in [0.2, 0.25) is 5.82 Å². The van der Waals surface area contributed by atoms with Gasteiger partial charge in [-0.1, -0.05) is 29.8 Å². The van der Waals surface area contributed by atoms with E-state index in [1.807, 2.05) is 66.9 Å². The number of imidazole rings is 1. The maximum absolute atomic E-state index is 13.0. The lowest BCUT2D eigenvalue weighted by Gasteiger charge is -2.35. The summed E-state index contributed by atoms with van der Waals surface area (Å²) < 4.78 is 7.57. The first-order chi connectivity index (χ1) is 12.9. The summed E-state index contributed by atoms with van der Waals surface area (Å²) in [5.41, 5.74) is 2.28. The van der Waals surface area contributed by atoms with Gasteiger partial charge in [0.05, 0.1) is 16.8 Å². The zero-order chi connectivity index (χ0) is 19.0. The molecule has 0 bridgehead atoms. The average molecular weight is 384 g/mol. The number of nitrogens with one attached hydrogen (secondary N) is 1. The second-order valence-corrected chi connectivity index (χ2v) is 7.96. The molecule has 1 fully saturated rings. The van der Waals surface area contributed by atoms with Crippen LogP contribution in [0.5, 0.6) is 0 Å². The van der Waals surface area contributed by atoms with Crippen molar-refractivity contribution >= 4 is 23.0 Å². The molecule has 1 atom stereocenters. The second kappa shape index (κ2) is 6.98. The molecule has 4 rings (SSSR count). The highest BCUT2D eigenvalue weighted by Crippen LogP contribution is 2.28. The SMILES string of the molecule is CC1(C)CC(NC(=O)c2nc(-c3cccc(Cl)c3)c3ccccn23)CCO1. The number of ether oxygens (including phenoxy) is 1. The lowest BCUT2D eigenvalue weighted by Crippen LogP contribution is -2.46. The Morgan fingerprint density at radius 1 is 1.30 bits per heavy atom. The molecule has 1 amide bonds. The molecule has 0 radical (unpaired) electrons. The van der Waals surface area contributed by atoms with E-state index in [1.165, 1.54) is 0 Å². The number of fused-ring (bicyclic) bond motifs is 1. The largest absolute Gasteiger partial charge is 0.375 e. The number of rotatable bonds is 3. The monoisotopic (exact) mass is 383 g/mol. The van der Waals surface area contributed by atoms with Gasteiger partial charge >= 0.3 is 0 Å². The molecule has 1 N–H and O–H groups in total. The third kappa shape index (κ3) is 3.70. The van der Waals surface area contributed by atoms with Crippen LogP contribution < -0.4 is 5.32 Å². The third-order valence-corrected chi connectivity index (χ3v) is 5.12. The summed E-state index contributed by atoms with van der Waals surface area (Å²) in [6.45, 7) is 4.75. The molecule has 1 aliphatic heterocycles. The topological polar surface area (TPSA) is 55.6 Å². The highest BCUT2D eigenvalue weighted by Gasteiger charge is 2.30. The molecule has 0 aliphatic carbocycles. The summed E-state index contributed by atoms with van der Waals surface area (Å²) in [5.74, 6) is 0.206. The molecule has 6 heteroatoms. The van der Waals surface area contributed by atoms with Crippen LogP contribution >= 0.6 is 11.6 Å². The minimum atomic E-state index is -0.225. The van der Waals surface area contributed by atoms with Crippen LogP contribution in [0, 0.1) is 0 Å². The molecule has 5 nitrogen and oxygen atoms in total. The quantitative estimate of drug-likeness (QED) is 0.731. The average Bonchev–Trinajstić information content (AvgIpc) is 3.01. The van der Waals surface area contributed by atoms with E-state index in [1.54, 1.807) is 0 Å². The molecule has 1 aromatic carbocycles. The number of halogens is 1. The summed E-state index contributed by atoms with van der Waals surface area (Å²) in [4.78, 5) is 17.7. The molecular weight excluding hydrogens is 362 g/mol. The number of hydrogen-bond donors (Lipinski definition) is 1. The van der Waals surface area contributed by atoms with E-state index >= 15 is 0 Å². The molecule has 3 aromatic rings. The van der Waals surface area contributed by atoms with Crippen LogP contribution in [0.3, 0.4) is 0 Å². The summed E-state index contributed by atoms with van der Waals surface area (Å²) in [6, 6.07) is 13.4. The Bertz CT molecular complexity index is 996. The first-order valence-corrected chi connectivity index (χ1v) is 9.49. The van der Waals surface area contributed by atoms with Gasteiger partial charge in [-0.25, -0.2) is 4.98 Å².